The van der Waals surface area contributed by atoms with Crippen LogP contribution in [0.5, 0.6) is 0 Å². The summed E-state index contributed by atoms with van der Waals surface area (Å²) in [4.78, 5) is 0. The molecule has 0 amide bonds. The van der Waals surface area contributed by atoms with Crippen LogP contribution >= 0.6 is 0 Å². The fourth-order valence-corrected chi connectivity index (χ4v) is 1.29. The standard InChI is InChI=1S/C7H17NO3S/c1-4-5-8(2,3)6-7-11-12(9)10/h4-7H2,1-3H3/p+1. The van der Waals surface area contributed by atoms with E-state index in [2.05, 4.69) is 25.2 Å². The average Bonchev–Trinajstić information content (AvgIpc) is 1.85. The molecule has 0 aromatic carbocycles. The molecule has 0 saturated heterocycles. The first-order chi connectivity index (χ1) is 5.48. The number of likely N-dealkylation sites (N-methyl/N-ethyl adjacent to an activating group) is 1. The number of rotatable bonds is 6. The average molecular weight is 196 g/mol. The molecule has 0 aliphatic carbocycles. The first-order valence-corrected chi connectivity index (χ1v) is 5.07. The smallest absolute Gasteiger partial charge is 0.302 e. The van der Waals surface area contributed by atoms with Crippen LogP contribution in [0.15, 0.2) is 0 Å². The Morgan fingerprint density at radius 2 is 2.00 bits per heavy atom. The Balaban J connectivity index is 3.53. The van der Waals surface area contributed by atoms with Gasteiger partial charge in [0, 0.05) is 0 Å². The van der Waals surface area contributed by atoms with Crippen LogP contribution in [0.3, 0.4) is 0 Å². The lowest BCUT2D eigenvalue weighted by Gasteiger charge is -2.28. The van der Waals surface area contributed by atoms with Crippen molar-refractivity contribution in [1.82, 2.24) is 0 Å². The lowest BCUT2D eigenvalue weighted by Crippen LogP contribution is -2.42. The van der Waals surface area contributed by atoms with E-state index in [9.17, 15) is 4.21 Å². The Hall–Kier alpha value is 0.0300. The van der Waals surface area contributed by atoms with Crippen molar-refractivity contribution >= 4 is 11.4 Å². The van der Waals surface area contributed by atoms with Gasteiger partial charge in [0.1, 0.15) is 13.2 Å². The molecule has 5 heteroatoms. The van der Waals surface area contributed by atoms with E-state index in [0.717, 1.165) is 24.0 Å². The van der Waals surface area contributed by atoms with Crippen molar-refractivity contribution in [1.29, 1.82) is 0 Å². The largest absolute Gasteiger partial charge is 0.327 e. The Morgan fingerprint density at radius 3 is 2.42 bits per heavy atom. The molecular weight excluding hydrogens is 178 g/mol. The van der Waals surface area contributed by atoms with Gasteiger partial charge in [0.25, 0.3) is 0 Å². The summed E-state index contributed by atoms with van der Waals surface area (Å²) in [6.45, 7) is 4.27. The van der Waals surface area contributed by atoms with Crippen molar-refractivity contribution in [2.75, 3.05) is 33.8 Å². The molecule has 0 radical (unpaired) electrons. The normalized spacial score (nSPS) is 14.7. The van der Waals surface area contributed by atoms with Crippen molar-refractivity contribution in [3.8, 4) is 0 Å². The highest BCUT2D eigenvalue weighted by Crippen LogP contribution is 1.98. The molecule has 0 aromatic rings. The summed E-state index contributed by atoms with van der Waals surface area (Å²) >= 11 is -2.11. The molecule has 0 aliphatic heterocycles. The van der Waals surface area contributed by atoms with Gasteiger partial charge in [-0.1, -0.05) is 6.92 Å². The maximum atomic E-state index is 10.1. The highest BCUT2D eigenvalue weighted by Gasteiger charge is 2.13. The van der Waals surface area contributed by atoms with E-state index in [1.165, 1.54) is 0 Å². The van der Waals surface area contributed by atoms with Gasteiger partial charge in [-0.3, -0.25) is 8.74 Å². The molecule has 4 nitrogen and oxygen atoms in total. The second kappa shape index (κ2) is 5.64. The van der Waals surface area contributed by atoms with Crippen molar-refractivity contribution in [3.05, 3.63) is 0 Å². The predicted octanol–water partition coefficient (Wildman–Crippen LogP) is 0.626. The van der Waals surface area contributed by atoms with Gasteiger partial charge >= 0.3 is 11.4 Å². The molecule has 1 N–H and O–H groups in total. The van der Waals surface area contributed by atoms with Crippen LogP contribution in [0.25, 0.3) is 0 Å². The van der Waals surface area contributed by atoms with E-state index in [1.807, 2.05) is 0 Å². The van der Waals surface area contributed by atoms with Crippen molar-refractivity contribution in [3.63, 3.8) is 0 Å². The van der Waals surface area contributed by atoms with Gasteiger partial charge in [-0.15, -0.1) is 0 Å². The fourth-order valence-electron chi connectivity index (χ4n) is 1.07. The van der Waals surface area contributed by atoms with Crippen LogP contribution < -0.4 is 0 Å². The van der Waals surface area contributed by atoms with Crippen LogP contribution in [-0.4, -0.2) is 47.0 Å². The number of nitrogens with zero attached hydrogens (tertiary/aromatic N) is 1. The SMILES string of the molecule is CCC[N+](C)(C)CCOS(=O)O. The van der Waals surface area contributed by atoms with Gasteiger partial charge in [0.15, 0.2) is 0 Å². The highest BCUT2D eigenvalue weighted by atomic mass is 32.2. The van der Waals surface area contributed by atoms with Crippen LogP contribution in [0.1, 0.15) is 13.3 Å². The Bertz CT molecular complexity index is 150. The minimum Gasteiger partial charge on any atom is -0.327 e. The van der Waals surface area contributed by atoms with Crippen molar-refractivity contribution < 1.29 is 17.4 Å². The van der Waals surface area contributed by atoms with Gasteiger partial charge in [-0.25, -0.2) is 0 Å². The van der Waals surface area contributed by atoms with Gasteiger partial charge in [-0.05, 0) is 6.42 Å². The summed E-state index contributed by atoms with van der Waals surface area (Å²) in [5, 5.41) is 0. The van der Waals surface area contributed by atoms with E-state index in [-0.39, 0.29) is 0 Å². The third kappa shape index (κ3) is 6.72. The van der Waals surface area contributed by atoms with Crippen LogP contribution in [0.4, 0.5) is 0 Å². The monoisotopic (exact) mass is 196 g/mol. The second-order valence-corrected chi connectivity index (χ2v) is 4.09. The summed E-state index contributed by atoms with van der Waals surface area (Å²) in [7, 11) is 4.15. The molecule has 0 heterocycles. The first kappa shape index (κ1) is 12.0. The van der Waals surface area contributed by atoms with Crippen molar-refractivity contribution in [2.24, 2.45) is 0 Å². The van der Waals surface area contributed by atoms with Crippen LogP contribution in [-0.2, 0) is 15.5 Å². The number of hydrogen-bond donors (Lipinski definition) is 1. The zero-order valence-corrected chi connectivity index (χ0v) is 8.76. The molecule has 12 heavy (non-hydrogen) atoms. The van der Waals surface area contributed by atoms with E-state index in [4.69, 9.17) is 4.55 Å². The zero-order chi connectivity index (χ0) is 9.61. The third-order valence-corrected chi connectivity index (χ3v) is 2.08. The van der Waals surface area contributed by atoms with Gasteiger partial charge in [-0.2, -0.15) is 4.21 Å². The predicted molar refractivity (Wildman–Crippen MR) is 48.9 cm³/mol. The lowest BCUT2D eigenvalue weighted by atomic mass is 10.4. The fraction of sp³-hybridized carbons (Fsp3) is 1.00. The zero-order valence-electron chi connectivity index (χ0n) is 7.95. The molecule has 74 valence electrons. The minimum atomic E-state index is -2.11. The molecule has 0 bridgehead atoms. The lowest BCUT2D eigenvalue weighted by molar-refractivity contribution is -0.890. The highest BCUT2D eigenvalue weighted by molar-refractivity contribution is 7.74. The maximum absolute atomic E-state index is 10.1. The van der Waals surface area contributed by atoms with E-state index in [1.54, 1.807) is 0 Å². The molecule has 0 aromatic heterocycles. The summed E-state index contributed by atoms with van der Waals surface area (Å²) < 4.78 is 23.8. The topological polar surface area (TPSA) is 46.5 Å². The molecule has 0 rings (SSSR count). The van der Waals surface area contributed by atoms with E-state index < -0.39 is 11.4 Å². The van der Waals surface area contributed by atoms with Crippen LogP contribution in [0, 0.1) is 0 Å². The van der Waals surface area contributed by atoms with Gasteiger partial charge < -0.3 is 4.48 Å². The van der Waals surface area contributed by atoms with Gasteiger partial charge in [0.05, 0.1) is 20.6 Å². The Kier molecular flexibility index (Phi) is 5.65. The van der Waals surface area contributed by atoms with Crippen LogP contribution in [0.2, 0.25) is 0 Å². The summed E-state index contributed by atoms with van der Waals surface area (Å²) in [5.74, 6) is 0. The minimum absolute atomic E-state index is 0.329. The van der Waals surface area contributed by atoms with E-state index >= 15 is 0 Å². The van der Waals surface area contributed by atoms with Crippen molar-refractivity contribution in [2.45, 2.75) is 13.3 Å². The molecule has 0 saturated carbocycles. The van der Waals surface area contributed by atoms with E-state index in [0.29, 0.717) is 6.61 Å². The Labute approximate surface area is 76.6 Å². The molecular formula is C7H18NO3S+. The summed E-state index contributed by atoms with van der Waals surface area (Å²) in [5.41, 5.74) is 0. The third-order valence-electron chi connectivity index (χ3n) is 1.71. The summed E-state index contributed by atoms with van der Waals surface area (Å²) in [6.07, 6.45) is 1.11. The molecule has 1 unspecified atom stereocenters. The quantitative estimate of drug-likeness (QED) is 0.500. The first-order valence-electron chi connectivity index (χ1n) is 4.04. The summed E-state index contributed by atoms with van der Waals surface area (Å²) in [6, 6.07) is 0. The van der Waals surface area contributed by atoms with Gasteiger partial charge in [0.2, 0.25) is 0 Å². The molecule has 0 aliphatic rings. The Morgan fingerprint density at radius 1 is 1.42 bits per heavy atom. The number of quaternary nitrogens is 1. The number of hydrogen-bond acceptors (Lipinski definition) is 2. The maximum Gasteiger partial charge on any atom is 0.302 e. The molecule has 0 spiro atoms. The molecule has 0 fully saturated rings. The second-order valence-electron chi connectivity index (χ2n) is 3.42. The molecule has 1 atom stereocenters.